The fourth-order valence-corrected chi connectivity index (χ4v) is 1.61. The van der Waals surface area contributed by atoms with Crippen LogP contribution in [0.1, 0.15) is 60.8 Å². The zero-order chi connectivity index (χ0) is 22.4. The molecule has 0 aliphatic heterocycles. The zero-order valence-corrected chi connectivity index (χ0v) is 17.3. The Morgan fingerprint density at radius 1 is 1.00 bits per heavy atom. The first kappa shape index (κ1) is 30.0. The van der Waals surface area contributed by atoms with Crippen LogP contribution in [0.5, 0.6) is 0 Å². The second kappa shape index (κ2) is 15.4. The Hall–Kier alpha value is -1.71. The minimum Gasteiger partial charge on any atom is -0.480 e. The molecular formula is C18H37N3O6. The van der Waals surface area contributed by atoms with Gasteiger partial charge in [-0.15, -0.1) is 0 Å². The summed E-state index contributed by atoms with van der Waals surface area (Å²) in [6.45, 7) is 14.6. The third-order valence-electron chi connectivity index (χ3n) is 2.82. The van der Waals surface area contributed by atoms with Crippen molar-refractivity contribution in [2.45, 2.75) is 84.5 Å². The largest absolute Gasteiger partial charge is 0.480 e. The number of nitrogens with one attached hydrogen (secondary N) is 1. The molecule has 0 spiro atoms. The highest BCUT2D eigenvalue weighted by Crippen LogP contribution is 2.03. The summed E-state index contributed by atoms with van der Waals surface area (Å²) < 4.78 is 0. The van der Waals surface area contributed by atoms with E-state index in [1.165, 1.54) is 0 Å². The molecule has 0 fully saturated rings. The van der Waals surface area contributed by atoms with Crippen LogP contribution in [0.3, 0.4) is 0 Å². The van der Waals surface area contributed by atoms with E-state index in [0.717, 1.165) is 12.3 Å². The quantitative estimate of drug-likeness (QED) is 0.355. The van der Waals surface area contributed by atoms with Crippen LogP contribution >= 0.6 is 0 Å². The van der Waals surface area contributed by atoms with Gasteiger partial charge in [-0.1, -0.05) is 20.3 Å². The smallest absolute Gasteiger partial charge is 0.320 e. The average molecular weight is 392 g/mol. The molecule has 0 rings (SSSR count). The van der Waals surface area contributed by atoms with E-state index in [2.05, 4.69) is 12.2 Å². The van der Waals surface area contributed by atoms with Gasteiger partial charge in [-0.05, 0) is 53.4 Å². The molecule has 3 unspecified atom stereocenters. The fraction of sp³-hybridized carbons (Fsp3) is 0.722. The number of carbonyl (C=O) groups is 3. The summed E-state index contributed by atoms with van der Waals surface area (Å²) in [7, 11) is 0. The predicted molar refractivity (Wildman–Crippen MR) is 105 cm³/mol. The van der Waals surface area contributed by atoms with E-state index in [-0.39, 0.29) is 5.54 Å². The van der Waals surface area contributed by atoms with Gasteiger partial charge in [-0.25, -0.2) is 0 Å². The van der Waals surface area contributed by atoms with Gasteiger partial charge in [-0.3, -0.25) is 19.7 Å². The summed E-state index contributed by atoms with van der Waals surface area (Å²) in [6.07, 6.45) is 1.75. The maximum atomic E-state index is 10.3. The number of carboxylic acids is 3. The van der Waals surface area contributed by atoms with Gasteiger partial charge >= 0.3 is 17.9 Å². The van der Waals surface area contributed by atoms with Gasteiger partial charge in [0.2, 0.25) is 0 Å². The van der Waals surface area contributed by atoms with Crippen molar-refractivity contribution in [2.75, 3.05) is 0 Å². The molecule has 0 aromatic heterocycles. The normalized spacial score (nSPS) is 14.0. The Balaban J connectivity index is -0.000000322. The monoisotopic (exact) mass is 391 g/mol. The van der Waals surface area contributed by atoms with Gasteiger partial charge in [-0.2, -0.15) is 0 Å². The Morgan fingerprint density at radius 2 is 1.41 bits per heavy atom. The first-order valence-corrected chi connectivity index (χ1v) is 8.66. The van der Waals surface area contributed by atoms with Crippen LogP contribution in [0, 0.1) is 12.8 Å². The van der Waals surface area contributed by atoms with Crippen LogP contribution in [-0.2, 0) is 14.4 Å². The third kappa shape index (κ3) is 24.3. The van der Waals surface area contributed by atoms with Crippen molar-refractivity contribution in [3.8, 4) is 0 Å². The van der Waals surface area contributed by atoms with Crippen LogP contribution in [-0.4, -0.2) is 56.9 Å². The van der Waals surface area contributed by atoms with Gasteiger partial charge in [0.05, 0.1) is 0 Å². The molecule has 9 heteroatoms. The molecule has 160 valence electrons. The lowest BCUT2D eigenvalue weighted by atomic mass is 10.1. The molecule has 0 saturated heterocycles. The van der Waals surface area contributed by atoms with E-state index in [4.69, 9.17) is 26.8 Å². The van der Waals surface area contributed by atoms with Gasteiger partial charge in [0, 0.05) is 5.54 Å². The van der Waals surface area contributed by atoms with Crippen molar-refractivity contribution in [3.05, 3.63) is 12.8 Å². The maximum absolute atomic E-state index is 10.3. The van der Waals surface area contributed by atoms with E-state index in [1.54, 1.807) is 13.8 Å². The molecule has 2 radical (unpaired) electrons. The number of carboxylic acid groups (broad SMARTS) is 3. The Morgan fingerprint density at radius 3 is 1.52 bits per heavy atom. The molecule has 0 aromatic carbocycles. The molecule has 8 N–H and O–H groups in total. The van der Waals surface area contributed by atoms with E-state index < -0.39 is 36.0 Å². The Labute approximate surface area is 162 Å². The molecular weight excluding hydrogens is 354 g/mol. The lowest BCUT2D eigenvalue weighted by Crippen LogP contribution is -2.45. The molecule has 3 atom stereocenters. The van der Waals surface area contributed by atoms with Crippen LogP contribution in [0.4, 0.5) is 0 Å². The topological polar surface area (TPSA) is 176 Å². The second-order valence-electron chi connectivity index (χ2n) is 7.29. The predicted octanol–water partition coefficient (Wildman–Crippen LogP) is 1.26. The molecule has 9 nitrogen and oxygen atoms in total. The third-order valence-corrected chi connectivity index (χ3v) is 2.82. The molecule has 0 saturated carbocycles. The molecule has 0 bridgehead atoms. The van der Waals surface area contributed by atoms with E-state index >= 15 is 0 Å². The molecule has 0 heterocycles. The highest BCUT2D eigenvalue weighted by molar-refractivity contribution is 5.73. The van der Waals surface area contributed by atoms with Crippen molar-refractivity contribution >= 4 is 17.9 Å². The van der Waals surface area contributed by atoms with Crippen molar-refractivity contribution in [2.24, 2.45) is 11.5 Å². The van der Waals surface area contributed by atoms with Gasteiger partial charge < -0.3 is 26.8 Å². The Bertz CT molecular complexity index is 435. The summed E-state index contributed by atoms with van der Waals surface area (Å²) in [6, 6.07) is -1.93. The van der Waals surface area contributed by atoms with Crippen LogP contribution in [0.2, 0.25) is 0 Å². The van der Waals surface area contributed by atoms with E-state index in [0.29, 0.717) is 12.8 Å². The molecule has 27 heavy (non-hydrogen) atoms. The number of nitrogens with two attached hydrogens (primary N) is 2. The van der Waals surface area contributed by atoms with Crippen molar-refractivity contribution in [1.82, 2.24) is 5.32 Å². The van der Waals surface area contributed by atoms with E-state index in [9.17, 15) is 14.4 Å². The molecule has 0 aliphatic rings. The maximum Gasteiger partial charge on any atom is 0.320 e. The van der Waals surface area contributed by atoms with Crippen molar-refractivity contribution in [3.63, 3.8) is 0 Å². The summed E-state index contributed by atoms with van der Waals surface area (Å²) >= 11 is 0. The minimum absolute atomic E-state index is 0.127. The van der Waals surface area contributed by atoms with Crippen LogP contribution in [0.15, 0.2) is 0 Å². The van der Waals surface area contributed by atoms with Crippen LogP contribution < -0.4 is 16.8 Å². The first-order valence-electron chi connectivity index (χ1n) is 8.66. The molecule has 0 amide bonds. The average Bonchev–Trinajstić information content (AvgIpc) is 2.46. The summed E-state index contributed by atoms with van der Waals surface area (Å²) in [5, 5.41) is 27.9. The number of hydrogen-bond acceptors (Lipinski definition) is 6. The fourth-order valence-electron chi connectivity index (χ4n) is 1.61. The molecule has 0 aromatic rings. The highest BCUT2D eigenvalue weighted by Gasteiger charge is 2.17. The first-order chi connectivity index (χ1) is 12.0. The summed E-state index contributed by atoms with van der Waals surface area (Å²) in [4.78, 5) is 30.3. The number of rotatable bonds is 8. The SMILES string of the molecule is CC(NC(C)(C)C)C(=O)O.CCCC(N)C(=O)O.[CH2][C](C)CC(N)C(=O)O. The van der Waals surface area contributed by atoms with Gasteiger partial charge in [0.15, 0.2) is 0 Å². The van der Waals surface area contributed by atoms with Gasteiger partial charge in [0.1, 0.15) is 18.1 Å². The standard InChI is InChI=1S/C7H15NO2.C6H11NO2.C5H11NO2/c1-5(6(9)10)8-7(2,3)4;1-4(2)3-5(7)6(8)9;1-2-3-4(6)5(7)8/h5,8H,1-4H3,(H,9,10);5H,1,3,7H2,2H3,(H,8,9);4H,2-3,6H2,1H3,(H,7,8). The molecule has 0 aliphatic carbocycles. The lowest BCUT2D eigenvalue weighted by molar-refractivity contribution is -0.140. The second-order valence-corrected chi connectivity index (χ2v) is 7.29. The number of hydrogen-bond donors (Lipinski definition) is 6. The highest BCUT2D eigenvalue weighted by atomic mass is 16.4. The summed E-state index contributed by atoms with van der Waals surface area (Å²) in [5.74, 6) is -1.90. The van der Waals surface area contributed by atoms with Crippen LogP contribution in [0.25, 0.3) is 0 Å². The minimum atomic E-state index is -0.974. The van der Waals surface area contributed by atoms with Crippen molar-refractivity contribution in [1.29, 1.82) is 0 Å². The lowest BCUT2D eigenvalue weighted by Gasteiger charge is -2.23. The summed E-state index contributed by atoms with van der Waals surface area (Å²) in [5.41, 5.74) is 10.2. The zero-order valence-electron chi connectivity index (χ0n) is 17.3. The van der Waals surface area contributed by atoms with E-state index in [1.807, 2.05) is 27.7 Å². The number of aliphatic carboxylic acids is 3. The van der Waals surface area contributed by atoms with Gasteiger partial charge in [0.25, 0.3) is 0 Å². The van der Waals surface area contributed by atoms with Crippen molar-refractivity contribution < 1.29 is 29.7 Å². The Kier molecular flexibility index (Phi) is 17.1.